The average Bonchev–Trinajstić information content (AvgIpc) is 2.95. The van der Waals surface area contributed by atoms with Gasteiger partial charge in [-0.2, -0.15) is 23.3 Å². The monoisotopic (exact) mass is 383 g/mol. The molecule has 2 aromatic rings. The van der Waals surface area contributed by atoms with Gasteiger partial charge >= 0.3 is 6.18 Å². The molecule has 1 saturated heterocycles. The molecule has 1 aliphatic rings. The van der Waals surface area contributed by atoms with Crippen molar-refractivity contribution in [3.63, 3.8) is 0 Å². The van der Waals surface area contributed by atoms with Crippen molar-refractivity contribution < 1.29 is 13.2 Å². The standard InChI is InChI=1S/C17H24F3N7/c1-4-21-15-13(17(18,19)20)8-22-16(24-15)23-14-10-27(25-11(14)2)12-6-5-7-26(3)9-12/h8,10,12H,4-7,9H2,1-3H3,(H2,21,22,23,24). The average molecular weight is 383 g/mol. The molecule has 0 amide bonds. The van der Waals surface area contributed by atoms with Crippen molar-refractivity contribution in [2.24, 2.45) is 0 Å². The van der Waals surface area contributed by atoms with Crippen LogP contribution in [0.2, 0.25) is 0 Å². The smallest absolute Gasteiger partial charge is 0.370 e. The molecule has 0 bridgehead atoms. The maximum Gasteiger partial charge on any atom is 0.421 e. The van der Waals surface area contributed by atoms with Crippen molar-refractivity contribution in [2.45, 2.75) is 38.9 Å². The third-order valence-corrected chi connectivity index (χ3v) is 4.58. The first-order chi connectivity index (χ1) is 12.8. The third kappa shape index (κ3) is 4.49. The van der Waals surface area contributed by atoms with Crippen LogP contribution in [-0.2, 0) is 6.18 Å². The fourth-order valence-electron chi connectivity index (χ4n) is 3.22. The number of nitrogens with one attached hydrogen (secondary N) is 2. The molecular weight excluding hydrogens is 359 g/mol. The lowest BCUT2D eigenvalue weighted by Crippen LogP contribution is -2.33. The van der Waals surface area contributed by atoms with E-state index in [0.29, 0.717) is 12.2 Å². The van der Waals surface area contributed by atoms with Crippen LogP contribution in [0, 0.1) is 6.92 Å². The molecule has 1 aliphatic heterocycles. The Kier molecular flexibility index (Phi) is 5.54. The minimum absolute atomic E-state index is 0.0994. The zero-order valence-electron chi connectivity index (χ0n) is 15.6. The lowest BCUT2D eigenvalue weighted by atomic mass is 10.1. The predicted molar refractivity (Wildman–Crippen MR) is 97.2 cm³/mol. The van der Waals surface area contributed by atoms with E-state index in [9.17, 15) is 13.2 Å². The minimum atomic E-state index is -4.51. The molecule has 10 heteroatoms. The molecule has 0 aliphatic carbocycles. The number of alkyl halides is 3. The van der Waals surface area contributed by atoms with Crippen molar-refractivity contribution in [3.05, 3.63) is 23.7 Å². The Morgan fingerprint density at radius 2 is 2.11 bits per heavy atom. The number of nitrogens with zero attached hydrogens (tertiary/aromatic N) is 5. The van der Waals surface area contributed by atoms with Gasteiger partial charge in [-0.05, 0) is 40.3 Å². The maximum atomic E-state index is 13.1. The molecule has 1 fully saturated rings. The highest BCUT2D eigenvalue weighted by atomic mass is 19.4. The van der Waals surface area contributed by atoms with E-state index in [1.165, 1.54) is 0 Å². The molecule has 1 unspecified atom stereocenters. The summed E-state index contributed by atoms with van der Waals surface area (Å²) in [5.74, 6) is -0.135. The van der Waals surface area contributed by atoms with Gasteiger partial charge in [0.05, 0.1) is 17.4 Å². The normalized spacial score (nSPS) is 18.5. The number of aromatic nitrogens is 4. The van der Waals surface area contributed by atoms with Crippen LogP contribution in [0.15, 0.2) is 12.4 Å². The molecule has 2 N–H and O–H groups in total. The van der Waals surface area contributed by atoms with Gasteiger partial charge in [-0.15, -0.1) is 0 Å². The molecule has 3 heterocycles. The van der Waals surface area contributed by atoms with Crippen molar-refractivity contribution in [1.82, 2.24) is 24.6 Å². The second kappa shape index (κ2) is 7.71. The number of piperidine rings is 1. The zero-order chi connectivity index (χ0) is 19.6. The summed E-state index contributed by atoms with van der Waals surface area (Å²) in [7, 11) is 2.08. The van der Waals surface area contributed by atoms with Crippen LogP contribution in [0.1, 0.15) is 37.1 Å². The highest BCUT2D eigenvalue weighted by Crippen LogP contribution is 2.34. The number of anilines is 3. The van der Waals surface area contributed by atoms with Crippen LogP contribution in [0.3, 0.4) is 0 Å². The highest BCUT2D eigenvalue weighted by molar-refractivity contribution is 5.58. The lowest BCUT2D eigenvalue weighted by molar-refractivity contribution is -0.137. The van der Waals surface area contributed by atoms with E-state index in [1.807, 2.05) is 17.8 Å². The van der Waals surface area contributed by atoms with Crippen LogP contribution in [-0.4, -0.2) is 51.3 Å². The van der Waals surface area contributed by atoms with Crippen molar-refractivity contribution in [1.29, 1.82) is 0 Å². The van der Waals surface area contributed by atoms with Crippen molar-refractivity contribution in [2.75, 3.05) is 37.3 Å². The fourth-order valence-corrected chi connectivity index (χ4v) is 3.22. The molecule has 0 spiro atoms. The lowest BCUT2D eigenvalue weighted by Gasteiger charge is -2.29. The molecule has 27 heavy (non-hydrogen) atoms. The zero-order valence-corrected chi connectivity index (χ0v) is 15.6. The summed E-state index contributed by atoms with van der Waals surface area (Å²) in [5, 5.41) is 10.2. The Morgan fingerprint density at radius 3 is 2.78 bits per heavy atom. The van der Waals surface area contributed by atoms with Gasteiger partial charge in [-0.3, -0.25) is 4.68 Å². The van der Waals surface area contributed by atoms with Crippen LogP contribution in [0.25, 0.3) is 0 Å². The Morgan fingerprint density at radius 1 is 1.33 bits per heavy atom. The quantitative estimate of drug-likeness (QED) is 0.824. The molecule has 148 valence electrons. The summed E-state index contributed by atoms with van der Waals surface area (Å²) in [6.07, 6.45) is 0.309. The number of halogens is 3. The second-order valence-corrected chi connectivity index (χ2v) is 6.78. The largest absolute Gasteiger partial charge is 0.421 e. The van der Waals surface area contributed by atoms with Gasteiger partial charge in [-0.1, -0.05) is 0 Å². The van der Waals surface area contributed by atoms with E-state index in [-0.39, 0.29) is 17.8 Å². The Balaban J connectivity index is 1.82. The molecule has 0 radical (unpaired) electrons. The van der Waals surface area contributed by atoms with Crippen LogP contribution < -0.4 is 10.6 Å². The van der Waals surface area contributed by atoms with Crippen LogP contribution in [0.5, 0.6) is 0 Å². The summed E-state index contributed by atoms with van der Waals surface area (Å²) >= 11 is 0. The molecule has 0 saturated carbocycles. The summed E-state index contributed by atoms with van der Waals surface area (Å²) in [4.78, 5) is 10.1. The topological polar surface area (TPSA) is 70.9 Å². The SMILES string of the molecule is CCNc1nc(Nc2cn(C3CCCN(C)C3)nc2C)ncc1C(F)(F)F. The van der Waals surface area contributed by atoms with Gasteiger partial charge in [0.1, 0.15) is 11.4 Å². The van der Waals surface area contributed by atoms with E-state index in [0.717, 1.165) is 37.8 Å². The van der Waals surface area contributed by atoms with Gasteiger partial charge in [0.25, 0.3) is 0 Å². The third-order valence-electron chi connectivity index (χ3n) is 4.58. The highest BCUT2D eigenvalue weighted by Gasteiger charge is 2.35. The number of rotatable bonds is 5. The molecule has 2 aromatic heterocycles. The number of likely N-dealkylation sites (tertiary alicyclic amines) is 1. The Labute approximate surface area is 156 Å². The van der Waals surface area contributed by atoms with E-state index < -0.39 is 11.7 Å². The summed E-state index contributed by atoms with van der Waals surface area (Å²) < 4.78 is 41.2. The van der Waals surface area contributed by atoms with Crippen LogP contribution in [0.4, 0.5) is 30.6 Å². The summed E-state index contributed by atoms with van der Waals surface area (Å²) in [6, 6.07) is 0.281. The van der Waals surface area contributed by atoms with Gasteiger partial charge in [0.2, 0.25) is 5.95 Å². The predicted octanol–water partition coefficient (Wildman–Crippen LogP) is 3.44. The molecule has 3 rings (SSSR count). The second-order valence-electron chi connectivity index (χ2n) is 6.78. The van der Waals surface area contributed by atoms with E-state index in [4.69, 9.17) is 0 Å². The fraction of sp³-hybridized carbons (Fsp3) is 0.588. The Hall–Kier alpha value is -2.36. The minimum Gasteiger partial charge on any atom is -0.370 e. The summed E-state index contributed by atoms with van der Waals surface area (Å²) in [5.41, 5.74) is 0.551. The van der Waals surface area contributed by atoms with Gasteiger partial charge in [-0.25, -0.2) is 4.98 Å². The molecule has 1 atom stereocenters. The molecular formula is C17H24F3N7. The van der Waals surface area contributed by atoms with E-state index >= 15 is 0 Å². The van der Waals surface area contributed by atoms with Gasteiger partial charge in [0, 0.05) is 25.5 Å². The number of hydrogen-bond acceptors (Lipinski definition) is 6. The molecule has 0 aromatic carbocycles. The van der Waals surface area contributed by atoms with Gasteiger partial charge in [0.15, 0.2) is 0 Å². The first kappa shape index (κ1) is 19.4. The number of hydrogen-bond donors (Lipinski definition) is 2. The van der Waals surface area contributed by atoms with Crippen molar-refractivity contribution >= 4 is 17.5 Å². The first-order valence-electron chi connectivity index (χ1n) is 8.97. The number of likely N-dealkylation sites (N-methyl/N-ethyl adjacent to an activating group) is 1. The van der Waals surface area contributed by atoms with Crippen LogP contribution >= 0.6 is 0 Å². The number of aryl methyl sites for hydroxylation is 1. The molecule has 7 nitrogen and oxygen atoms in total. The maximum absolute atomic E-state index is 13.1. The van der Waals surface area contributed by atoms with E-state index in [2.05, 4.69) is 37.6 Å². The first-order valence-corrected chi connectivity index (χ1v) is 8.97. The van der Waals surface area contributed by atoms with Gasteiger partial charge < -0.3 is 15.5 Å². The van der Waals surface area contributed by atoms with E-state index in [1.54, 1.807) is 6.92 Å². The van der Waals surface area contributed by atoms with Crippen molar-refractivity contribution in [3.8, 4) is 0 Å². The Bertz CT molecular complexity index is 787. The summed E-state index contributed by atoms with van der Waals surface area (Å²) in [6.45, 7) is 5.88.